The molecule has 0 aliphatic carbocycles. The summed E-state index contributed by atoms with van der Waals surface area (Å²) in [5, 5.41) is 20.2. The molecule has 1 aromatic rings. The molecule has 20 heavy (non-hydrogen) atoms. The van der Waals surface area contributed by atoms with Crippen molar-refractivity contribution in [3.8, 4) is 5.75 Å². The Balaban J connectivity index is 2.52. The summed E-state index contributed by atoms with van der Waals surface area (Å²) in [4.78, 5) is 22.2. The van der Waals surface area contributed by atoms with Crippen LogP contribution in [-0.4, -0.2) is 41.8 Å². The van der Waals surface area contributed by atoms with E-state index in [1.165, 1.54) is 7.11 Å². The van der Waals surface area contributed by atoms with E-state index in [4.69, 9.17) is 26.6 Å². The van der Waals surface area contributed by atoms with E-state index in [1.54, 1.807) is 18.2 Å². The molecule has 0 fully saturated rings. The van der Waals surface area contributed by atoms with Crippen molar-refractivity contribution in [1.29, 1.82) is 0 Å². The summed E-state index contributed by atoms with van der Waals surface area (Å²) in [7, 11) is 1.51. The van der Waals surface area contributed by atoms with Gasteiger partial charge in [-0.15, -0.1) is 0 Å². The smallest absolute Gasteiger partial charge is 0.328 e. The zero-order valence-corrected chi connectivity index (χ0v) is 11.7. The van der Waals surface area contributed by atoms with Crippen LogP contribution >= 0.6 is 11.6 Å². The largest absolute Gasteiger partial charge is 0.495 e. The van der Waals surface area contributed by atoms with Gasteiger partial charge in [0.05, 0.1) is 18.7 Å². The van der Waals surface area contributed by atoms with E-state index in [9.17, 15) is 9.59 Å². The van der Waals surface area contributed by atoms with Crippen molar-refractivity contribution in [2.24, 2.45) is 0 Å². The standard InChI is InChI=1S/C13H16ClNO5/c1-20-11-4-2-8(6-9(11)14)3-5-12(17)15-10(7-16)13(18)19/h2,4,6,10,16H,3,5,7H2,1H3,(H,15,17)(H,18,19)/t10-/m0/s1. The highest BCUT2D eigenvalue weighted by atomic mass is 35.5. The van der Waals surface area contributed by atoms with Crippen LogP contribution in [0.15, 0.2) is 18.2 Å². The van der Waals surface area contributed by atoms with Gasteiger partial charge >= 0.3 is 5.97 Å². The number of aliphatic hydroxyl groups excluding tert-OH is 1. The zero-order valence-electron chi connectivity index (χ0n) is 10.9. The molecule has 1 aromatic carbocycles. The minimum absolute atomic E-state index is 0.104. The lowest BCUT2D eigenvalue weighted by atomic mass is 10.1. The average Bonchev–Trinajstić information content (AvgIpc) is 2.42. The lowest BCUT2D eigenvalue weighted by Gasteiger charge is -2.11. The number of benzene rings is 1. The van der Waals surface area contributed by atoms with E-state index in [0.29, 0.717) is 17.2 Å². The van der Waals surface area contributed by atoms with Gasteiger partial charge in [-0.05, 0) is 24.1 Å². The van der Waals surface area contributed by atoms with Gasteiger partial charge in [0, 0.05) is 6.42 Å². The molecule has 0 saturated carbocycles. The number of aliphatic carboxylic acids is 1. The number of nitrogens with one attached hydrogen (secondary N) is 1. The lowest BCUT2D eigenvalue weighted by Crippen LogP contribution is -2.43. The highest BCUT2D eigenvalue weighted by Gasteiger charge is 2.18. The fourth-order valence-corrected chi connectivity index (χ4v) is 1.86. The summed E-state index contributed by atoms with van der Waals surface area (Å²) in [5.74, 6) is -1.17. The molecule has 0 spiro atoms. The van der Waals surface area contributed by atoms with Crippen LogP contribution in [0.25, 0.3) is 0 Å². The molecule has 0 aliphatic heterocycles. The van der Waals surface area contributed by atoms with Crippen LogP contribution in [0.1, 0.15) is 12.0 Å². The van der Waals surface area contributed by atoms with E-state index in [0.717, 1.165) is 5.56 Å². The third-order valence-corrected chi connectivity index (χ3v) is 2.97. The van der Waals surface area contributed by atoms with Crippen LogP contribution in [0.4, 0.5) is 0 Å². The van der Waals surface area contributed by atoms with Gasteiger partial charge in [-0.25, -0.2) is 4.79 Å². The second kappa shape index (κ2) is 7.72. The number of aryl methyl sites for hydroxylation is 1. The quantitative estimate of drug-likeness (QED) is 0.693. The van der Waals surface area contributed by atoms with Crippen molar-refractivity contribution < 1.29 is 24.5 Å². The third kappa shape index (κ3) is 4.71. The number of ether oxygens (including phenoxy) is 1. The van der Waals surface area contributed by atoms with Gasteiger partial charge in [-0.2, -0.15) is 0 Å². The number of methoxy groups -OCH3 is 1. The summed E-state index contributed by atoms with van der Waals surface area (Å²) in [5.41, 5.74) is 0.835. The lowest BCUT2D eigenvalue weighted by molar-refractivity contribution is -0.142. The summed E-state index contributed by atoms with van der Waals surface area (Å²) in [6.07, 6.45) is 0.514. The van der Waals surface area contributed by atoms with Gasteiger partial charge in [0.25, 0.3) is 0 Å². The van der Waals surface area contributed by atoms with Crippen LogP contribution in [0.2, 0.25) is 5.02 Å². The molecule has 0 saturated heterocycles. The first-order valence-electron chi connectivity index (χ1n) is 5.93. The highest BCUT2D eigenvalue weighted by molar-refractivity contribution is 6.32. The first-order chi connectivity index (χ1) is 9.47. The predicted octanol–water partition coefficient (Wildman–Crippen LogP) is 0.843. The molecular weight excluding hydrogens is 286 g/mol. The number of amides is 1. The van der Waals surface area contributed by atoms with Crippen molar-refractivity contribution >= 4 is 23.5 Å². The van der Waals surface area contributed by atoms with Gasteiger partial charge < -0.3 is 20.3 Å². The number of carbonyl (C=O) groups is 2. The van der Waals surface area contributed by atoms with Crippen molar-refractivity contribution in [2.45, 2.75) is 18.9 Å². The summed E-state index contributed by atoms with van der Waals surface area (Å²) < 4.78 is 5.01. The van der Waals surface area contributed by atoms with E-state index in [-0.39, 0.29) is 6.42 Å². The topological polar surface area (TPSA) is 95.9 Å². The predicted molar refractivity (Wildman–Crippen MR) is 73.0 cm³/mol. The fourth-order valence-electron chi connectivity index (χ4n) is 1.58. The average molecular weight is 302 g/mol. The van der Waals surface area contributed by atoms with Crippen molar-refractivity contribution in [1.82, 2.24) is 5.32 Å². The Labute approximate surface area is 121 Å². The number of halogens is 1. The molecule has 1 amide bonds. The molecule has 1 atom stereocenters. The first-order valence-corrected chi connectivity index (χ1v) is 6.31. The molecule has 3 N–H and O–H groups in total. The monoisotopic (exact) mass is 301 g/mol. The molecule has 0 unspecified atom stereocenters. The Morgan fingerprint density at radius 2 is 2.15 bits per heavy atom. The Kier molecular flexibility index (Phi) is 6.27. The van der Waals surface area contributed by atoms with E-state index >= 15 is 0 Å². The Bertz CT molecular complexity index is 492. The molecular formula is C13H16ClNO5. The van der Waals surface area contributed by atoms with Crippen LogP contribution in [0.3, 0.4) is 0 Å². The molecule has 110 valence electrons. The summed E-state index contributed by atoms with van der Waals surface area (Å²) in [6.45, 7) is -0.643. The minimum atomic E-state index is -1.28. The van der Waals surface area contributed by atoms with Crippen LogP contribution in [-0.2, 0) is 16.0 Å². The molecule has 7 heteroatoms. The molecule has 1 rings (SSSR count). The molecule has 0 aliphatic rings. The zero-order chi connectivity index (χ0) is 15.1. The van der Waals surface area contributed by atoms with Crippen molar-refractivity contribution in [2.75, 3.05) is 13.7 Å². The SMILES string of the molecule is COc1ccc(CCC(=O)N[C@@H](CO)C(=O)O)cc1Cl. The van der Waals surface area contributed by atoms with Gasteiger partial charge in [0.1, 0.15) is 11.8 Å². The number of carboxylic acid groups (broad SMARTS) is 1. The van der Waals surface area contributed by atoms with Gasteiger partial charge in [-0.3, -0.25) is 4.79 Å². The normalized spacial score (nSPS) is 11.8. The maximum absolute atomic E-state index is 11.6. The highest BCUT2D eigenvalue weighted by Crippen LogP contribution is 2.25. The van der Waals surface area contributed by atoms with E-state index < -0.39 is 24.5 Å². The number of hydrogen-bond acceptors (Lipinski definition) is 4. The second-order valence-electron chi connectivity index (χ2n) is 4.11. The second-order valence-corrected chi connectivity index (χ2v) is 4.52. The number of carboxylic acids is 1. The molecule has 0 radical (unpaired) electrons. The van der Waals surface area contributed by atoms with Gasteiger partial charge in [-0.1, -0.05) is 17.7 Å². The summed E-state index contributed by atoms with van der Waals surface area (Å²) >= 11 is 5.96. The third-order valence-electron chi connectivity index (χ3n) is 2.67. The van der Waals surface area contributed by atoms with Crippen LogP contribution in [0.5, 0.6) is 5.75 Å². The van der Waals surface area contributed by atoms with E-state index in [2.05, 4.69) is 5.32 Å². The minimum Gasteiger partial charge on any atom is -0.495 e. The number of hydrogen-bond donors (Lipinski definition) is 3. The van der Waals surface area contributed by atoms with Crippen LogP contribution in [0, 0.1) is 0 Å². The molecule has 0 bridgehead atoms. The first kappa shape index (κ1) is 16.3. The molecule has 0 heterocycles. The van der Waals surface area contributed by atoms with Crippen molar-refractivity contribution in [3.63, 3.8) is 0 Å². The Morgan fingerprint density at radius 3 is 2.65 bits per heavy atom. The number of rotatable bonds is 7. The molecule has 0 aromatic heterocycles. The number of aliphatic hydroxyl groups is 1. The summed E-state index contributed by atoms with van der Waals surface area (Å²) in [6, 6.07) is 3.89. The van der Waals surface area contributed by atoms with Gasteiger partial charge in [0.15, 0.2) is 0 Å². The van der Waals surface area contributed by atoms with E-state index in [1.807, 2.05) is 0 Å². The van der Waals surface area contributed by atoms with Crippen LogP contribution < -0.4 is 10.1 Å². The Hall–Kier alpha value is -1.79. The number of carbonyl (C=O) groups excluding carboxylic acids is 1. The maximum atomic E-state index is 11.6. The fraction of sp³-hybridized carbons (Fsp3) is 0.385. The van der Waals surface area contributed by atoms with Crippen molar-refractivity contribution in [3.05, 3.63) is 28.8 Å². The Morgan fingerprint density at radius 1 is 1.45 bits per heavy atom. The van der Waals surface area contributed by atoms with Gasteiger partial charge in [0.2, 0.25) is 5.91 Å². The molecule has 6 nitrogen and oxygen atoms in total. The maximum Gasteiger partial charge on any atom is 0.328 e.